The van der Waals surface area contributed by atoms with Crippen molar-refractivity contribution in [2.75, 3.05) is 13.1 Å². The number of hydrogen-bond donors (Lipinski definition) is 1. The predicted octanol–water partition coefficient (Wildman–Crippen LogP) is 3.42. The molecule has 0 aromatic heterocycles. The fourth-order valence-electron chi connectivity index (χ4n) is 5.52. The normalized spacial score (nSPS) is 32.7. The van der Waals surface area contributed by atoms with Gasteiger partial charge in [0.25, 0.3) is 5.91 Å². The molecule has 2 aliphatic carbocycles. The fourth-order valence-corrected chi connectivity index (χ4v) is 7.04. The molecule has 0 radical (unpaired) electrons. The van der Waals surface area contributed by atoms with Crippen molar-refractivity contribution in [1.29, 1.82) is 0 Å². The summed E-state index contributed by atoms with van der Waals surface area (Å²) in [5, 5.41) is 3.24. The van der Waals surface area contributed by atoms with Gasteiger partial charge in [0.1, 0.15) is 0 Å². The molecule has 148 valence electrons. The first-order chi connectivity index (χ1) is 12.7. The minimum atomic E-state index is -3.43. The molecule has 1 heterocycles. The lowest BCUT2D eigenvalue weighted by Gasteiger charge is -2.39. The van der Waals surface area contributed by atoms with Crippen LogP contribution in [0.15, 0.2) is 29.2 Å². The molecule has 3 unspecified atom stereocenters. The van der Waals surface area contributed by atoms with Crippen LogP contribution in [0.2, 0.25) is 0 Å². The Balaban J connectivity index is 1.48. The zero-order valence-corrected chi connectivity index (χ0v) is 17.3. The van der Waals surface area contributed by atoms with Crippen molar-refractivity contribution in [2.24, 2.45) is 16.7 Å². The fraction of sp³-hybridized carbons (Fsp3) is 0.667. The standard InChI is InChI=1S/C21H30N2O3S/c1-20(2)16-10-11-21(20,3)18(14-16)22-19(24)15-6-8-17(9-7-15)27(25,26)23-12-4-5-13-23/h6-9,16,18H,4-5,10-14H2,1-3H3,(H,22,24). The zero-order chi connectivity index (χ0) is 19.4. The Bertz CT molecular complexity index is 841. The summed E-state index contributed by atoms with van der Waals surface area (Å²) in [6, 6.07) is 6.59. The number of sulfonamides is 1. The Hall–Kier alpha value is -1.40. The van der Waals surface area contributed by atoms with E-state index in [4.69, 9.17) is 0 Å². The van der Waals surface area contributed by atoms with E-state index in [0.29, 0.717) is 24.6 Å². The quantitative estimate of drug-likeness (QED) is 0.857. The van der Waals surface area contributed by atoms with Crippen molar-refractivity contribution < 1.29 is 13.2 Å². The van der Waals surface area contributed by atoms with Crippen LogP contribution in [0.4, 0.5) is 0 Å². The molecule has 1 N–H and O–H groups in total. The maximum Gasteiger partial charge on any atom is 0.251 e. The van der Waals surface area contributed by atoms with Gasteiger partial charge in [-0.05, 0) is 73.1 Å². The first kappa shape index (κ1) is 18.9. The van der Waals surface area contributed by atoms with Crippen molar-refractivity contribution in [3.05, 3.63) is 29.8 Å². The van der Waals surface area contributed by atoms with Crippen molar-refractivity contribution >= 4 is 15.9 Å². The third-order valence-electron chi connectivity index (χ3n) is 7.92. The average Bonchev–Trinajstić information content (AvgIpc) is 3.29. The number of rotatable bonds is 4. The van der Waals surface area contributed by atoms with Crippen LogP contribution in [-0.2, 0) is 10.0 Å². The number of carbonyl (C=O) groups is 1. The van der Waals surface area contributed by atoms with Gasteiger partial charge in [0.2, 0.25) is 10.0 Å². The monoisotopic (exact) mass is 390 g/mol. The van der Waals surface area contributed by atoms with Gasteiger partial charge in [-0.25, -0.2) is 8.42 Å². The summed E-state index contributed by atoms with van der Waals surface area (Å²) in [5.74, 6) is 0.565. The maximum absolute atomic E-state index is 12.8. The van der Waals surface area contributed by atoms with Crippen LogP contribution in [0.5, 0.6) is 0 Å². The number of carbonyl (C=O) groups excluding carboxylic acids is 1. The molecular formula is C21H30N2O3S. The summed E-state index contributed by atoms with van der Waals surface area (Å²) in [4.78, 5) is 13.0. The highest BCUT2D eigenvalue weighted by Crippen LogP contribution is 2.65. The third kappa shape index (κ3) is 2.83. The van der Waals surface area contributed by atoms with E-state index >= 15 is 0 Å². The summed E-state index contributed by atoms with van der Waals surface area (Å²) >= 11 is 0. The second-order valence-corrected chi connectivity index (χ2v) is 11.2. The first-order valence-corrected chi connectivity index (χ1v) is 11.5. The van der Waals surface area contributed by atoms with Crippen LogP contribution >= 0.6 is 0 Å². The van der Waals surface area contributed by atoms with Gasteiger partial charge in [-0.1, -0.05) is 20.8 Å². The maximum atomic E-state index is 12.8. The smallest absolute Gasteiger partial charge is 0.251 e. The van der Waals surface area contributed by atoms with E-state index in [0.717, 1.165) is 25.7 Å². The van der Waals surface area contributed by atoms with Gasteiger partial charge >= 0.3 is 0 Å². The van der Waals surface area contributed by atoms with E-state index in [-0.39, 0.29) is 27.7 Å². The van der Waals surface area contributed by atoms with Gasteiger partial charge in [-0.3, -0.25) is 4.79 Å². The van der Waals surface area contributed by atoms with Crippen molar-refractivity contribution in [2.45, 2.75) is 63.8 Å². The molecule has 3 atom stereocenters. The number of hydrogen-bond acceptors (Lipinski definition) is 3. The molecule has 3 fully saturated rings. The highest BCUT2D eigenvalue weighted by atomic mass is 32.2. The Morgan fingerprint density at radius 1 is 1.11 bits per heavy atom. The van der Waals surface area contributed by atoms with Crippen molar-refractivity contribution in [3.63, 3.8) is 0 Å². The Morgan fingerprint density at radius 2 is 1.74 bits per heavy atom. The lowest BCUT2D eigenvalue weighted by Crippen LogP contribution is -2.46. The van der Waals surface area contributed by atoms with E-state index in [9.17, 15) is 13.2 Å². The first-order valence-electron chi connectivity index (χ1n) is 10.1. The zero-order valence-electron chi connectivity index (χ0n) is 16.5. The van der Waals surface area contributed by atoms with E-state index < -0.39 is 10.0 Å². The third-order valence-corrected chi connectivity index (χ3v) is 9.83. The molecular weight excluding hydrogens is 360 g/mol. The highest BCUT2D eigenvalue weighted by molar-refractivity contribution is 7.89. The van der Waals surface area contributed by atoms with Crippen molar-refractivity contribution in [1.82, 2.24) is 9.62 Å². The number of benzene rings is 1. The minimum absolute atomic E-state index is 0.102. The van der Waals surface area contributed by atoms with Gasteiger partial charge in [-0.15, -0.1) is 0 Å². The predicted molar refractivity (Wildman–Crippen MR) is 105 cm³/mol. The van der Waals surface area contributed by atoms with Crippen molar-refractivity contribution in [3.8, 4) is 0 Å². The minimum Gasteiger partial charge on any atom is -0.349 e. The van der Waals surface area contributed by atoms with E-state index in [1.165, 1.54) is 10.7 Å². The lowest BCUT2D eigenvalue weighted by molar-refractivity contribution is 0.0826. The molecule has 2 bridgehead atoms. The van der Waals surface area contributed by atoms with Gasteiger partial charge in [0.05, 0.1) is 4.90 Å². The van der Waals surface area contributed by atoms with E-state index in [2.05, 4.69) is 26.1 Å². The van der Waals surface area contributed by atoms with Crippen LogP contribution in [0.1, 0.15) is 63.2 Å². The highest BCUT2D eigenvalue weighted by Gasteiger charge is 2.61. The molecule has 0 spiro atoms. The van der Waals surface area contributed by atoms with Crippen LogP contribution in [0, 0.1) is 16.7 Å². The largest absolute Gasteiger partial charge is 0.349 e. The summed E-state index contributed by atoms with van der Waals surface area (Å²) in [5.41, 5.74) is 0.907. The summed E-state index contributed by atoms with van der Waals surface area (Å²) in [6.07, 6.45) is 5.27. The SMILES string of the molecule is CC1(C)C2CCC1(C)C(NC(=O)c1ccc(S(=O)(=O)N3CCCC3)cc1)C2. The van der Waals surface area contributed by atoms with E-state index in [1.54, 1.807) is 24.3 Å². The van der Waals surface area contributed by atoms with E-state index in [1.807, 2.05) is 0 Å². The molecule has 1 aromatic carbocycles. The molecule has 5 nitrogen and oxygen atoms in total. The topological polar surface area (TPSA) is 66.5 Å². The van der Waals surface area contributed by atoms with Gasteiger partial charge in [0.15, 0.2) is 0 Å². The summed E-state index contributed by atoms with van der Waals surface area (Å²) in [7, 11) is -3.43. The van der Waals surface area contributed by atoms with Gasteiger partial charge in [-0.2, -0.15) is 4.31 Å². The number of fused-ring (bicyclic) bond motifs is 2. The van der Waals surface area contributed by atoms with Crippen LogP contribution in [-0.4, -0.2) is 37.8 Å². The molecule has 3 aliphatic rings. The van der Waals surface area contributed by atoms with Crippen LogP contribution in [0.25, 0.3) is 0 Å². The average molecular weight is 391 g/mol. The lowest BCUT2D eigenvalue weighted by atomic mass is 9.69. The molecule has 27 heavy (non-hydrogen) atoms. The molecule has 1 aromatic rings. The van der Waals surface area contributed by atoms with Crippen LogP contribution < -0.4 is 5.32 Å². The molecule has 1 amide bonds. The Morgan fingerprint density at radius 3 is 2.26 bits per heavy atom. The summed E-state index contributed by atoms with van der Waals surface area (Å²) in [6.45, 7) is 8.13. The second kappa shape index (κ2) is 6.31. The molecule has 2 saturated carbocycles. The van der Waals surface area contributed by atoms with Gasteiger partial charge < -0.3 is 5.32 Å². The number of nitrogens with one attached hydrogen (secondary N) is 1. The Kier molecular flexibility index (Phi) is 4.43. The number of amides is 1. The molecule has 1 saturated heterocycles. The summed E-state index contributed by atoms with van der Waals surface area (Å²) < 4.78 is 26.8. The molecule has 6 heteroatoms. The second-order valence-electron chi connectivity index (χ2n) is 9.27. The Labute approximate surface area is 162 Å². The number of nitrogens with zero attached hydrogens (tertiary/aromatic N) is 1. The van der Waals surface area contributed by atoms with Crippen LogP contribution in [0.3, 0.4) is 0 Å². The molecule has 4 rings (SSSR count). The van der Waals surface area contributed by atoms with Gasteiger partial charge in [0, 0.05) is 24.7 Å². The molecule has 1 aliphatic heterocycles.